The predicted molar refractivity (Wildman–Crippen MR) is 146 cm³/mol. The van der Waals surface area contributed by atoms with Crippen LogP contribution in [-0.4, -0.2) is 43.1 Å². The molecule has 192 valence electrons. The van der Waals surface area contributed by atoms with Crippen LogP contribution in [0.15, 0.2) is 66.7 Å². The Morgan fingerprint density at radius 2 is 1.59 bits per heavy atom. The number of methoxy groups -OCH3 is 1. The molecule has 0 spiro atoms. The fraction of sp³-hybridized carbons (Fsp3) is 0.333. The molecular formula is C30H34N4O3. The summed E-state index contributed by atoms with van der Waals surface area (Å²) < 4.78 is 5.49. The van der Waals surface area contributed by atoms with Crippen LogP contribution in [-0.2, 0) is 19.4 Å². The first kappa shape index (κ1) is 24.8. The summed E-state index contributed by atoms with van der Waals surface area (Å²) in [6, 6.07) is 21.4. The van der Waals surface area contributed by atoms with Crippen LogP contribution in [0.5, 0.6) is 5.75 Å². The molecule has 37 heavy (non-hydrogen) atoms. The predicted octanol–water partition coefficient (Wildman–Crippen LogP) is 5.22. The number of aryl methyl sites for hydroxylation is 2. The average molecular weight is 499 g/mol. The van der Waals surface area contributed by atoms with Gasteiger partial charge in [0.05, 0.1) is 12.7 Å². The maximum absolute atomic E-state index is 13.0. The molecule has 7 nitrogen and oxygen atoms in total. The van der Waals surface area contributed by atoms with Crippen LogP contribution in [0, 0.1) is 0 Å². The highest BCUT2D eigenvalue weighted by atomic mass is 16.5. The summed E-state index contributed by atoms with van der Waals surface area (Å²) >= 11 is 0. The number of urea groups is 1. The van der Waals surface area contributed by atoms with Crippen molar-refractivity contribution in [2.24, 2.45) is 0 Å². The van der Waals surface area contributed by atoms with Crippen molar-refractivity contribution in [3.63, 3.8) is 0 Å². The summed E-state index contributed by atoms with van der Waals surface area (Å²) in [5.41, 5.74) is 5.76. The van der Waals surface area contributed by atoms with Crippen molar-refractivity contribution in [2.75, 3.05) is 30.8 Å². The van der Waals surface area contributed by atoms with E-state index in [1.54, 1.807) is 18.2 Å². The van der Waals surface area contributed by atoms with Crippen LogP contribution < -0.4 is 20.7 Å². The van der Waals surface area contributed by atoms with Crippen molar-refractivity contribution in [3.05, 3.63) is 89.0 Å². The fourth-order valence-corrected chi connectivity index (χ4v) is 5.24. The maximum atomic E-state index is 13.0. The second-order valence-electron chi connectivity index (χ2n) is 9.84. The molecule has 0 saturated carbocycles. The summed E-state index contributed by atoms with van der Waals surface area (Å²) in [6.45, 7) is 2.82. The summed E-state index contributed by atoms with van der Waals surface area (Å²) in [6.07, 6.45) is 5.14. The van der Waals surface area contributed by atoms with Crippen LogP contribution in [0.1, 0.15) is 46.3 Å². The molecule has 1 aliphatic heterocycles. The second kappa shape index (κ2) is 11.5. The van der Waals surface area contributed by atoms with E-state index in [-0.39, 0.29) is 18.0 Å². The third-order valence-corrected chi connectivity index (χ3v) is 7.23. The monoisotopic (exact) mass is 498 g/mol. The van der Waals surface area contributed by atoms with Crippen molar-refractivity contribution >= 4 is 23.3 Å². The second-order valence-corrected chi connectivity index (χ2v) is 9.84. The molecule has 1 saturated heterocycles. The number of carbonyl (C=O) groups is 2. The van der Waals surface area contributed by atoms with Gasteiger partial charge in [-0.15, -0.1) is 0 Å². The molecule has 0 atom stereocenters. The van der Waals surface area contributed by atoms with E-state index in [4.69, 9.17) is 4.74 Å². The van der Waals surface area contributed by atoms with Crippen molar-refractivity contribution in [1.82, 2.24) is 10.2 Å². The number of amides is 3. The van der Waals surface area contributed by atoms with E-state index < -0.39 is 0 Å². The first-order chi connectivity index (χ1) is 18.1. The van der Waals surface area contributed by atoms with E-state index in [0.29, 0.717) is 17.0 Å². The molecule has 0 aromatic heterocycles. The first-order valence-electron chi connectivity index (χ1n) is 13.0. The Hall–Kier alpha value is -3.84. The molecule has 3 amide bonds. The maximum Gasteiger partial charge on any atom is 0.323 e. The molecular weight excluding hydrogens is 464 g/mol. The van der Waals surface area contributed by atoms with Gasteiger partial charge in [-0.3, -0.25) is 9.69 Å². The molecule has 1 aliphatic carbocycles. The number of likely N-dealkylation sites (tertiary alicyclic amines) is 1. The van der Waals surface area contributed by atoms with E-state index in [2.05, 4.69) is 51.2 Å². The van der Waals surface area contributed by atoms with Crippen molar-refractivity contribution in [3.8, 4) is 5.75 Å². The number of carbonyl (C=O) groups excluding carboxylic acids is 2. The summed E-state index contributed by atoms with van der Waals surface area (Å²) in [4.78, 5) is 28.0. The van der Waals surface area contributed by atoms with Gasteiger partial charge in [0.1, 0.15) is 5.75 Å². The van der Waals surface area contributed by atoms with Gasteiger partial charge in [-0.2, -0.15) is 0 Å². The lowest BCUT2D eigenvalue weighted by atomic mass is 10.0. The number of ether oxygens (including phenoxy) is 1. The molecule has 0 unspecified atom stereocenters. The zero-order valence-electron chi connectivity index (χ0n) is 21.3. The molecule has 0 radical (unpaired) electrons. The van der Waals surface area contributed by atoms with Crippen LogP contribution in [0.4, 0.5) is 16.2 Å². The molecule has 1 fully saturated rings. The highest BCUT2D eigenvalue weighted by Gasteiger charge is 2.23. The Labute approximate surface area is 218 Å². The summed E-state index contributed by atoms with van der Waals surface area (Å²) in [5, 5.41) is 8.89. The van der Waals surface area contributed by atoms with Crippen molar-refractivity contribution < 1.29 is 14.3 Å². The number of piperidine rings is 1. The summed E-state index contributed by atoms with van der Waals surface area (Å²) in [7, 11) is 1.53. The lowest BCUT2D eigenvalue weighted by Gasteiger charge is -2.32. The Morgan fingerprint density at radius 3 is 2.35 bits per heavy atom. The average Bonchev–Trinajstić information content (AvgIpc) is 3.38. The Bertz CT molecular complexity index is 1250. The number of rotatable bonds is 7. The molecule has 0 bridgehead atoms. The minimum atomic E-state index is -0.334. The van der Waals surface area contributed by atoms with Crippen LogP contribution in [0.25, 0.3) is 0 Å². The van der Waals surface area contributed by atoms with Crippen LogP contribution >= 0.6 is 0 Å². The normalized spacial score (nSPS) is 15.6. The minimum absolute atomic E-state index is 0.125. The zero-order valence-corrected chi connectivity index (χ0v) is 21.3. The van der Waals surface area contributed by atoms with E-state index in [1.165, 1.54) is 23.8 Å². The van der Waals surface area contributed by atoms with Crippen molar-refractivity contribution in [1.29, 1.82) is 0 Å². The number of anilines is 2. The number of fused-ring (bicyclic) bond motifs is 1. The van der Waals surface area contributed by atoms with Gasteiger partial charge in [-0.05, 0) is 73.1 Å². The summed E-state index contributed by atoms with van der Waals surface area (Å²) in [5.74, 6) is 0.266. The highest BCUT2D eigenvalue weighted by molar-refractivity contribution is 6.01. The van der Waals surface area contributed by atoms with Crippen LogP contribution in [0.2, 0.25) is 0 Å². The molecule has 1 heterocycles. The van der Waals surface area contributed by atoms with Gasteiger partial charge in [0.15, 0.2) is 0 Å². The van der Waals surface area contributed by atoms with Crippen LogP contribution in [0.3, 0.4) is 0 Å². The van der Waals surface area contributed by atoms with Gasteiger partial charge in [0, 0.05) is 43.1 Å². The standard InChI is InChI=1S/C30H34N4O3/c1-37-28-19-26(33-30(36)32-25-11-10-22-8-5-9-23(22)18-25)12-13-27(28)29(35)31-24-14-16-34(17-15-24)20-21-6-3-2-4-7-21/h2-4,6-7,10-13,18-19,24H,5,8-9,14-17,20H2,1H3,(H,31,35)(H2,32,33,36). The molecule has 2 aliphatic rings. The van der Waals surface area contributed by atoms with Gasteiger partial charge < -0.3 is 20.7 Å². The minimum Gasteiger partial charge on any atom is -0.496 e. The number of hydrogen-bond acceptors (Lipinski definition) is 4. The van der Waals surface area contributed by atoms with Gasteiger partial charge >= 0.3 is 6.03 Å². The molecule has 5 rings (SSSR count). The lowest BCUT2D eigenvalue weighted by Crippen LogP contribution is -2.44. The van der Waals surface area contributed by atoms with Gasteiger partial charge in [0.25, 0.3) is 5.91 Å². The highest BCUT2D eigenvalue weighted by Crippen LogP contribution is 2.26. The number of nitrogens with one attached hydrogen (secondary N) is 3. The Morgan fingerprint density at radius 1 is 0.892 bits per heavy atom. The largest absolute Gasteiger partial charge is 0.496 e. The third-order valence-electron chi connectivity index (χ3n) is 7.23. The van der Waals surface area contributed by atoms with E-state index in [1.807, 2.05) is 18.2 Å². The lowest BCUT2D eigenvalue weighted by molar-refractivity contribution is 0.0906. The Kier molecular flexibility index (Phi) is 7.70. The quantitative estimate of drug-likeness (QED) is 0.417. The van der Waals surface area contributed by atoms with E-state index >= 15 is 0 Å². The third kappa shape index (κ3) is 6.30. The first-order valence-corrected chi connectivity index (χ1v) is 13.0. The van der Waals surface area contributed by atoms with Gasteiger partial charge in [-0.1, -0.05) is 36.4 Å². The SMILES string of the molecule is COc1cc(NC(=O)Nc2ccc3c(c2)CCC3)ccc1C(=O)NC1CCN(Cc2ccccc2)CC1. The molecule has 3 aromatic rings. The van der Waals surface area contributed by atoms with E-state index in [0.717, 1.165) is 57.4 Å². The van der Waals surface area contributed by atoms with Gasteiger partial charge in [-0.25, -0.2) is 4.79 Å². The van der Waals surface area contributed by atoms with E-state index in [9.17, 15) is 9.59 Å². The fourth-order valence-electron chi connectivity index (χ4n) is 5.24. The van der Waals surface area contributed by atoms with Gasteiger partial charge in [0.2, 0.25) is 0 Å². The molecule has 3 aromatic carbocycles. The molecule has 7 heteroatoms. The number of hydrogen-bond donors (Lipinski definition) is 3. The topological polar surface area (TPSA) is 82.7 Å². The number of nitrogens with zero attached hydrogens (tertiary/aromatic N) is 1. The smallest absolute Gasteiger partial charge is 0.323 e. The Balaban J connectivity index is 1.14. The van der Waals surface area contributed by atoms with Crippen molar-refractivity contribution in [2.45, 2.75) is 44.7 Å². The molecule has 3 N–H and O–H groups in total. The zero-order chi connectivity index (χ0) is 25.6. The number of benzene rings is 3.